The molecule has 26 heavy (non-hydrogen) atoms. The number of aromatic nitrogens is 1. The van der Waals surface area contributed by atoms with Gasteiger partial charge in [0.05, 0.1) is 10.9 Å². The Labute approximate surface area is 149 Å². The molecule has 3 aromatic rings. The van der Waals surface area contributed by atoms with Gasteiger partial charge in [-0.2, -0.15) is 0 Å². The molecule has 1 heterocycles. The summed E-state index contributed by atoms with van der Waals surface area (Å²) < 4.78 is 13.1. The van der Waals surface area contributed by atoms with Crippen molar-refractivity contribution in [1.82, 2.24) is 15.8 Å². The van der Waals surface area contributed by atoms with Gasteiger partial charge in [-0.1, -0.05) is 36.4 Å². The number of hydrogen-bond donors (Lipinski definition) is 2. The molecule has 0 saturated heterocycles. The summed E-state index contributed by atoms with van der Waals surface area (Å²) in [6, 6.07) is 16.8. The summed E-state index contributed by atoms with van der Waals surface area (Å²) in [6.45, 7) is 0. The summed E-state index contributed by atoms with van der Waals surface area (Å²) in [7, 11) is 0. The van der Waals surface area contributed by atoms with Crippen molar-refractivity contribution in [3.05, 3.63) is 77.7 Å². The summed E-state index contributed by atoms with van der Waals surface area (Å²) in [6.07, 6.45) is 1.32. The van der Waals surface area contributed by atoms with Crippen molar-refractivity contribution in [2.45, 2.75) is 18.3 Å². The lowest BCUT2D eigenvalue weighted by molar-refractivity contribution is -0.124. The van der Waals surface area contributed by atoms with E-state index in [1.165, 1.54) is 12.1 Å². The van der Waals surface area contributed by atoms with Crippen molar-refractivity contribution in [2.75, 3.05) is 0 Å². The highest BCUT2D eigenvalue weighted by Gasteiger charge is 2.51. The number of nitrogens with zero attached hydrogens (tertiary/aromatic N) is 1. The van der Waals surface area contributed by atoms with Crippen molar-refractivity contribution in [3.8, 4) is 0 Å². The van der Waals surface area contributed by atoms with Gasteiger partial charge < -0.3 is 0 Å². The highest BCUT2D eigenvalue weighted by molar-refractivity contribution is 5.98. The average Bonchev–Trinajstić information content (AvgIpc) is 3.48. The maximum absolute atomic E-state index is 13.1. The second kappa shape index (κ2) is 6.22. The number of nitrogens with one attached hydrogen (secondary N) is 2. The summed E-state index contributed by atoms with van der Waals surface area (Å²) >= 11 is 0. The fraction of sp³-hybridized carbons (Fsp3) is 0.150. The van der Waals surface area contributed by atoms with E-state index in [2.05, 4.69) is 15.8 Å². The molecule has 0 spiro atoms. The van der Waals surface area contributed by atoms with E-state index >= 15 is 0 Å². The third kappa shape index (κ3) is 2.90. The molecule has 1 fully saturated rings. The Hall–Kier alpha value is -3.28. The highest BCUT2D eigenvalue weighted by atomic mass is 19.1. The summed E-state index contributed by atoms with van der Waals surface area (Å²) in [5, 5.41) is 0.932. The van der Waals surface area contributed by atoms with E-state index in [1.807, 2.05) is 24.3 Å². The number of hydrogen-bond acceptors (Lipinski definition) is 3. The minimum absolute atomic E-state index is 0.218. The van der Waals surface area contributed by atoms with Crippen LogP contribution in [0.1, 0.15) is 28.9 Å². The van der Waals surface area contributed by atoms with Crippen LogP contribution in [-0.2, 0) is 10.2 Å². The van der Waals surface area contributed by atoms with Gasteiger partial charge in [-0.3, -0.25) is 20.4 Å². The minimum atomic E-state index is -0.697. The lowest BCUT2D eigenvalue weighted by Gasteiger charge is -2.16. The lowest BCUT2D eigenvalue weighted by Crippen LogP contribution is -2.46. The number of carbonyl (C=O) groups is 2. The van der Waals surface area contributed by atoms with Gasteiger partial charge in [0.25, 0.3) is 5.91 Å². The zero-order chi connectivity index (χ0) is 18.1. The van der Waals surface area contributed by atoms with Gasteiger partial charge in [0.2, 0.25) is 5.91 Å². The van der Waals surface area contributed by atoms with E-state index in [9.17, 15) is 14.0 Å². The van der Waals surface area contributed by atoms with Crippen molar-refractivity contribution in [2.24, 2.45) is 0 Å². The van der Waals surface area contributed by atoms with Crippen LogP contribution >= 0.6 is 0 Å². The van der Waals surface area contributed by atoms with E-state index in [0.717, 1.165) is 10.9 Å². The summed E-state index contributed by atoms with van der Waals surface area (Å²) in [5.74, 6) is -1.14. The van der Waals surface area contributed by atoms with Crippen LogP contribution in [0.4, 0.5) is 4.39 Å². The van der Waals surface area contributed by atoms with Gasteiger partial charge in [0.15, 0.2) is 0 Å². The van der Waals surface area contributed by atoms with Crippen LogP contribution in [0, 0.1) is 5.82 Å². The Kier molecular flexibility index (Phi) is 3.88. The summed E-state index contributed by atoms with van der Waals surface area (Å²) in [4.78, 5) is 29.1. The number of halogens is 1. The smallest absolute Gasteiger partial charge is 0.272 e. The maximum atomic E-state index is 13.1. The number of pyridine rings is 1. The molecular weight excluding hydrogens is 333 g/mol. The van der Waals surface area contributed by atoms with Gasteiger partial charge in [-0.15, -0.1) is 0 Å². The van der Waals surface area contributed by atoms with Gasteiger partial charge >= 0.3 is 0 Å². The molecule has 0 aliphatic heterocycles. The van der Waals surface area contributed by atoms with Crippen molar-refractivity contribution in [1.29, 1.82) is 0 Å². The number of carbonyl (C=O) groups excluding carboxylic acids is 2. The van der Waals surface area contributed by atoms with Crippen LogP contribution in [-0.4, -0.2) is 16.8 Å². The molecule has 130 valence electrons. The second-order valence-corrected chi connectivity index (χ2v) is 6.39. The Morgan fingerprint density at radius 2 is 1.65 bits per heavy atom. The molecule has 5 nitrogen and oxygen atoms in total. The average molecular weight is 349 g/mol. The largest absolute Gasteiger partial charge is 0.288 e. The fourth-order valence-electron chi connectivity index (χ4n) is 3.03. The van der Waals surface area contributed by atoms with Crippen molar-refractivity contribution < 1.29 is 14.0 Å². The third-order valence-corrected chi connectivity index (χ3v) is 4.70. The molecule has 0 unspecified atom stereocenters. The first-order valence-corrected chi connectivity index (χ1v) is 8.31. The molecule has 4 rings (SSSR count). The second-order valence-electron chi connectivity index (χ2n) is 6.39. The number of hydrazine groups is 1. The first kappa shape index (κ1) is 16.2. The molecule has 2 amide bonds. The van der Waals surface area contributed by atoms with Gasteiger partial charge in [0.1, 0.15) is 11.5 Å². The molecule has 1 aromatic heterocycles. The number of fused-ring (bicyclic) bond motifs is 1. The van der Waals surface area contributed by atoms with Crippen LogP contribution < -0.4 is 10.9 Å². The SMILES string of the molecule is O=C(NNC(=O)C1(c2ccc(F)cc2)CC1)c1ccc2ccccc2n1. The summed E-state index contributed by atoms with van der Waals surface area (Å²) in [5.41, 5.74) is 5.86. The first-order valence-electron chi connectivity index (χ1n) is 8.31. The normalized spacial score (nSPS) is 14.7. The molecule has 2 aromatic carbocycles. The monoisotopic (exact) mass is 349 g/mol. The zero-order valence-electron chi connectivity index (χ0n) is 13.8. The predicted octanol–water partition coefficient (Wildman–Crippen LogP) is 2.87. The number of benzene rings is 2. The van der Waals surface area contributed by atoms with E-state index < -0.39 is 11.3 Å². The van der Waals surface area contributed by atoms with E-state index in [1.54, 1.807) is 24.3 Å². The Bertz CT molecular complexity index is 997. The molecule has 0 bridgehead atoms. The molecule has 2 N–H and O–H groups in total. The molecule has 1 aliphatic carbocycles. The maximum Gasteiger partial charge on any atom is 0.288 e. The van der Waals surface area contributed by atoms with E-state index in [-0.39, 0.29) is 17.4 Å². The molecule has 1 saturated carbocycles. The fourth-order valence-corrected chi connectivity index (χ4v) is 3.03. The molecule has 6 heteroatoms. The Balaban J connectivity index is 1.45. The predicted molar refractivity (Wildman–Crippen MR) is 94.7 cm³/mol. The third-order valence-electron chi connectivity index (χ3n) is 4.70. The Morgan fingerprint density at radius 3 is 2.38 bits per heavy atom. The van der Waals surface area contributed by atoms with Gasteiger partial charge in [-0.25, -0.2) is 9.37 Å². The number of para-hydroxylation sites is 1. The van der Waals surface area contributed by atoms with Crippen LogP contribution in [0.15, 0.2) is 60.7 Å². The van der Waals surface area contributed by atoms with Crippen LogP contribution in [0.3, 0.4) is 0 Å². The van der Waals surface area contributed by atoms with E-state index in [0.29, 0.717) is 18.4 Å². The number of rotatable bonds is 3. The highest BCUT2D eigenvalue weighted by Crippen LogP contribution is 2.48. The zero-order valence-corrected chi connectivity index (χ0v) is 13.8. The quantitative estimate of drug-likeness (QED) is 0.714. The first-order chi connectivity index (χ1) is 12.6. The molecule has 1 aliphatic rings. The van der Waals surface area contributed by atoms with Crippen LogP contribution in [0.5, 0.6) is 0 Å². The van der Waals surface area contributed by atoms with E-state index in [4.69, 9.17) is 0 Å². The topological polar surface area (TPSA) is 71.1 Å². The van der Waals surface area contributed by atoms with Gasteiger partial charge in [-0.05, 0) is 42.7 Å². The molecule has 0 radical (unpaired) electrons. The number of amides is 2. The van der Waals surface area contributed by atoms with Crippen molar-refractivity contribution in [3.63, 3.8) is 0 Å². The molecular formula is C20H16FN3O2. The minimum Gasteiger partial charge on any atom is -0.272 e. The van der Waals surface area contributed by atoms with Gasteiger partial charge in [0, 0.05) is 5.39 Å². The van der Waals surface area contributed by atoms with Crippen LogP contribution in [0.25, 0.3) is 10.9 Å². The van der Waals surface area contributed by atoms with Crippen molar-refractivity contribution >= 4 is 22.7 Å². The Morgan fingerprint density at radius 1 is 0.923 bits per heavy atom. The molecule has 0 atom stereocenters. The standard InChI is InChI=1S/C20H16FN3O2/c21-15-8-6-14(7-9-15)20(11-12-20)19(26)24-23-18(25)17-10-5-13-3-1-2-4-16(13)22-17/h1-10H,11-12H2,(H,23,25)(H,24,26). The lowest BCUT2D eigenvalue weighted by atomic mass is 9.95. The van der Waals surface area contributed by atoms with Crippen LogP contribution in [0.2, 0.25) is 0 Å².